The van der Waals surface area contributed by atoms with Crippen molar-refractivity contribution in [1.82, 2.24) is 15.5 Å². The molecular weight excluding hydrogens is 448 g/mol. The summed E-state index contributed by atoms with van der Waals surface area (Å²) >= 11 is 0. The molecule has 8 nitrogen and oxygen atoms in total. The number of hydrogen-bond acceptors (Lipinski definition) is 6. The predicted molar refractivity (Wildman–Crippen MR) is 120 cm³/mol. The quantitative estimate of drug-likeness (QED) is 0.393. The Morgan fingerprint density at radius 2 is 1.79 bits per heavy atom. The summed E-state index contributed by atoms with van der Waals surface area (Å²) < 4.78 is 37.0. The van der Waals surface area contributed by atoms with Gasteiger partial charge in [-0.05, 0) is 31.4 Å². The van der Waals surface area contributed by atoms with Gasteiger partial charge in [0, 0.05) is 44.2 Å². The van der Waals surface area contributed by atoms with E-state index in [9.17, 15) is 23.2 Å². The van der Waals surface area contributed by atoms with Crippen LogP contribution in [0.4, 0.5) is 8.78 Å². The monoisotopic (exact) mass is 481 g/mol. The number of ether oxygens (including phenoxy) is 2. The third kappa shape index (κ3) is 7.46. The molecule has 2 fully saturated rings. The number of halogens is 2. The Bertz CT molecular complexity index is 855. The Kier molecular flexibility index (Phi) is 9.76. The summed E-state index contributed by atoms with van der Waals surface area (Å²) in [5.74, 6) is -3.31. The molecule has 1 heterocycles. The molecule has 1 aliphatic heterocycles. The Labute approximate surface area is 198 Å². The van der Waals surface area contributed by atoms with Gasteiger partial charge >= 0.3 is 5.97 Å². The van der Waals surface area contributed by atoms with Crippen LogP contribution in [0.2, 0.25) is 0 Å². The van der Waals surface area contributed by atoms with E-state index in [1.165, 1.54) is 6.42 Å². The molecule has 1 aromatic carbocycles. The predicted octanol–water partition coefficient (Wildman–Crippen LogP) is 2.17. The fraction of sp³-hybridized carbons (Fsp3) is 0.625. The van der Waals surface area contributed by atoms with E-state index in [0.29, 0.717) is 25.8 Å². The molecule has 2 aliphatic rings. The van der Waals surface area contributed by atoms with Crippen molar-refractivity contribution in [2.75, 3.05) is 46.0 Å². The third-order valence-corrected chi connectivity index (χ3v) is 6.46. The van der Waals surface area contributed by atoms with Crippen LogP contribution in [0.5, 0.6) is 0 Å². The molecule has 1 saturated heterocycles. The van der Waals surface area contributed by atoms with Crippen molar-refractivity contribution in [2.24, 2.45) is 0 Å². The maximum Gasteiger partial charge on any atom is 0.306 e. The molecule has 0 atom stereocenters. The topological polar surface area (TPSA) is 97.0 Å². The number of morpholine rings is 1. The zero-order valence-corrected chi connectivity index (χ0v) is 19.4. The number of carbonyl (C=O) groups is 3. The number of esters is 1. The molecule has 0 bridgehead atoms. The van der Waals surface area contributed by atoms with Gasteiger partial charge in [-0.1, -0.05) is 19.3 Å². The minimum absolute atomic E-state index is 0.00280. The van der Waals surface area contributed by atoms with Gasteiger partial charge in [0.1, 0.15) is 11.6 Å². The average Bonchev–Trinajstić information content (AvgIpc) is 2.85. The van der Waals surface area contributed by atoms with E-state index in [0.717, 1.165) is 50.9 Å². The summed E-state index contributed by atoms with van der Waals surface area (Å²) in [5.41, 5.74) is -0.336. The standard InChI is InChI=1S/C24H33F2N3O5/c25-18-6-7-19(20(26)15-18)23(32)27-10-4-5-22(31)34-16-21(30)28-17-24(8-2-1-3-9-24)29-11-13-33-14-12-29/h6-7,15H,1-5,8-14,16-17H2,(H,27,32)(H,28,30). The first-order valence-electron chi connectivity index (χ1n) is 11.9. The van der Waals surface area contributed by atoms with Gasteiger partial charge in [0.15, 0.2) is 6.61 Å². The third-order valence-electron chi connectivity index (χ3n) is 6.46. The summed E-state index contributed by atoms with van der Waals surface area (Å²) in [5, 5.41) is 5.41. The summed E-state index contributed by atoms with van der Waals surface area (Å²) in [6.45, 7) is 3.39. The number of amides is 2. The van der Waals surface area contributed by atoms with Gasteiger partial charge in [-0.15, -0.1) is 0 Å². The molecule has 3 rings (SSSR count). The van der Waals surface area contributed by atoms with E-state index >= 15 is 0 Å². The van der Waals surface area contributed by atoms with Gasteiger partial charge in [0.05, 0.1) is 18.8 Å². The van der Waals surface area contributed by atoms with Crippen LogP contribution in [0.25, 0.3) is 0 Å². The molecule has 1 saturated carbocycles. The number of hydrogen-bond donors (Lipinski definition) is 2. The highest BCUT2D eigenvalue weighted by atomic mass is 19.1. The SMILES string of the molecule is O=C(COC(=O)CCCNC(=O)c1ccc(F)cc1F)NCC1(N2CCOCC2)CCCCC1. The van der Waals surface area contributed by atoms with Gasteiger partial charge in [0.2, 0.25) is 0 Å². The zero-order valence-electron chi connectivity index (χ0n) is 19.4. The number of carbonyl (C=O) groups excluding carboxylic acids is 3. The fourth-order valence-electron chi connectivity index (χ4n) is 4.59. The number of nitrogens with zero attached hydrogens (tertiary/aromatic N) is 1. The second-order valence-corrected chi connectivity index (χ2v) is 8.81. The molecule has 0 spiro atoms. The van der Waals surface area contributed by atoms with Crippen LogP contribution in [-0.2, 0) is 19.1 Å². The summed E-state index contributed by atoms with van der Waals surface area (Å²) in [6, 6.07) is 2.69. The number of rotatable bonds is 10. The van der Waals surface area contributed by atoms with E-state index < -0.39 is 23.5 Å². The van der Waals surface area contributed by atoms with Crippen LogP contribution < -0.4 is 10.6 Å². The normalized spacial score (nSPS) is 18.2. The van der Waals surface area contributed by atoms with Crippen molar-refractivity contribution in [1.29, 1.82) is 0 Å². The summed E-state index contributed by atoms with van der Waals surface area (Å²) in [7, 11) is 0. The van der Waals surface area contributed by atoms with Crippen LogP contribution in [0.15, 0.2) is 18.2 Å². The molecule has 2 N–H and O–H groups in total. The second kappa shape index (κ2) is 12.8. The molecule has 0 radical (unpaired) electrons. The summed E-state index contributed by atoms with van der Waals surface area (Å²) in [6.07, 6.45) is 5.78. The van der Waals surface area contributed by atoms with Crippen LogP contribution in [0, 0.1) is 11.6 Å². The van der Waals surface area contributed by atoms with Crippen LogP contribution >= 0.6 is 0 Å². The second-order valence-electron chi connectivity index (χ2n) is 8.81. The van der Waals surface area contributed by atoms with E-state index in [1.54, 1.807) is 0 Å². The zero-order chi connectivity index (χ0) is 24.4. The smallest absolute Gasteiger partial charge is 0.306 e. The van der Waals surface area contributed by atoms with Gasteiger partial charge < -0.3 is 20.1 Å². The van der Waals surface area contributed by atoms with Crippen molar-refractivity contribution in [3.63, 3.8) is 0 Å². The first-order chi connectivity index (χ1) is 16.4. The van der Waals surface area contributed by atoms with Crippen molar-refractivity contribution < 1.29 is 32.6 Å². The molecule has 34 heavy (non-hydrogen) atoms. The Morgan fingerprint density at radius 3 is 2.50 bits per heavy atom. The Hall–Kier alpha value is -2.59. The average molecular weight is 482 g/mol. The maximum atomic E-state index is 13.6. The highest BCUT2D eigenvalue weighted by molar-refractivity contribution is 5.94. The first kappa shape index (κ1) is 26.0. The van der Waals surface area contributed by atoms with Crippen LogP contribution in [-0.4, -0.2) is 74.2 Å². The van der Waals surface area contributed by atoms with E-state index in [2.05, 4.69) is 15.5 Å². The first-order valence-corrected chi connectivity index (χ1v) is 11.9. The molecule has 0 unspecified atom stereocenters. The number of benzene rings is 1. The molecular formula is C24H33F2N3O5. The minimum Gasteiger partial charge on any atom is -0.456 e. The highest BCUT2D eigenvalue weighted by Crippen LogP contribution is 2.33. The lowest BCUT2D eigenvalue weighted by Gasteiger charge is -2.48. The maximum absolute atomic E-state index is 13.6. The molecule has 0 aromatic heterocycles. The van der Waals surface area contributed by atoms with Crippen molar-refractivity contribution in [2.45, 2.75) is 50.5 Å². The van der Waals surface area contributed by atoms with Gasteiger partial charge in [-0.25, -0.2) is 8.78 Å². The minimum atomic E-state index is -0.952. The van der Waals surface area contributed by atoms with Gasteiger partial charge in [0.25, 0.3) is 11.8 Å². The van der Waals surface area contributed by atoms with Crippen LogP contribution in [0.1, 0.15) is 55.3 Å². The lowest BCUT2D eigenvalue weighted by molar-refractivity contribution is -0.148. The fourth-order valence-corrected chi connectivity index (χ4v) is 4.59. The van der Waals surface area contributed by atoms with Gasteiger partial charge in [-0.3, -0.25) is 19.3 Å². The molecule has 1 aliphatic carbocycles. The Balaban J connectivity index is 1.33. The lowest BCUT2D eigenvalue weighted by atomic mass is 9.79. The van der Waals surface area contributed by atoms with E-state index in [4.69, 9.17) is 9.47 Å². The summed E-state index contributed by atoms with van der Waals surface area (Å²) in [4.78, 5) is 38.6. The molecule has 10 heteroatoms. The van der Waals surface area contributed by atoms with Crippen molar-refractivity contribution in [3.8, 4) is 0 Å². The van der Waals surface area contributed by atoms with Crippen LogP contribution in [0.3, 0.4) is 0 Å². The van der Waals surface area contributed by atoms with Crippen molar-refractivity contribution >= 4 is 17.8 Å². The molecule has 188 valence electrons. The van der Waals surface area contributed by atoms with E-state index in [-0.39, 0.29) is 43.0 Å². The van der Waals surface area contributed by atoms with Crippen molar-refractivity contribution in [3.05, 3.63) is 35.4 Å². The van der Waals surface area contributed by atoms with E-state index in [1.807, 2.05) is 0 Å². The molecule has 1 aromatic rings. The number of nitrogens with one attached hydrogen (secondary N) is 2. The highest BCUT2D eigenvalue weighted by Gasteiger charge is 2.38. The Morgan fingerprint density at radius 1 is 1.06 bits per heavy atom. The van der Waals surface area contributed by atoms with Gasteiger partial charge in [-0.2, -0.15) is 0 Å². The molecule has 2 amide bonds. The lowest BCUT2D eigenvalue weighted by Crippen LogP contribution is -2.59. The largest absolute Gasteiger partial charge is 0.456 e.